The highest BCUT2D eigenvalue weighted by atomic mass is 35.5. The molecule has 1 amide bonds. The van der Waals surface area contributed by atoms with E-state index in [1.165, 1.54) is 18.1 Å². The van der Waals surface area contributed by atoms with Crippen molar-refractivity contribution >= 4 is 34.7 Å². The third kappa shape index (κ3) is 4.64. The monoisotopic (exact) mass is 502 g/mol. The van der Waals surface area contributed by atoms with Crippen LogP contribution in [0.25, 0.3) is 5.76 Å². The first-order valence-corrected chi connectivity index (χ1v) is 11.5. The summed E-state index contributed by atoms with van der Waals surface area (Å²) < 4.78 is 10.9. The number of aliphatic hydroxyl groups is 1. The molecular formula is C28H23ClN2O5. The predicted molar refractivity (Wildman–Crippen MR) is 136 cm³/mol. The van der Waals surface area contributed by atoms with Crippen LogP contribution < -0.4 is 14.4 Å². The van der Waals surface area contributed by atoms with Crippen LogP contribution in [0.5, 0.6) is 11.5 Å². The van der Waals surface area contributed by atoms with Gasteiger partial charge in [0.1, 0.15) is 17.3 Å². The zero-order chi connectivity index (χ0) is 26.0. The first-order chi connectivity index (χ1) is 17.2. The third-order valence-electron chi connectivity index (χ3n) is 5.71. The molecule has 0 radical (unpaired) electrons. The standard InChI is InChI=1S/C28H23ClN2O5/c1-16(2)36-21-11-6-18(7-12-21)25-24(26(32)19-8-13-23(35-3)22(29)14-19)27(33)28(34)31(25)20-9-4-17(15-30)5-10-20/h4-14,16,25,32H,1-3H3/b26-24-. The van der Waals surface area contributed by atoms with Crippen LogP contribution in [-0.4, -0.2) is 30.0 Å². The molecule has 1 aliphatic heterocycles. The highest BCUT2D eigenvalue weighted by Gasteiger charge is 2.47. The Morgan fingerprint density at radius 1 is 1.06 bits per heavy atom. The average Bonchev–Trinajstić information content (AvgIpc) is 3.14. The summed E-state index contributed by atoms with van der Waals surface area (Å²) in [5, 5.41) is 20.7. The number of benzene rings is 3. The number of ether oxygens (including phenoxy) is 2. The van der Waals surface area contributed by atoms with E-state index in [1.807, 2.05) is 19.9 Å². The summed E-state index contributed by atoms with van der Waals surface area (Å²) in [4.78, 5) is 27.9. The van der Waals surface area contributed by atoms with Gasteiger partial charge in [0.2, 0.25) is 0 Å². The Bertz CT molecular complexity index is 1390. The average molecular weight is 503 g/mol. The first kappa shape index (κ1) is 24.8. The molecule has 0 spiro atoms. The second kappa shape index (κ2) is 10.1. The van der Waals surface area contributed by atoms with Gasteiger partial charge in [-0.1, -0.05) is 23.7 Å². The smallest absolute Gasteiger partial charge is 0.300 e. The van der Waals surface area contributed by atoms with E-state index in [2.05, 4.69) is 0 Å². The zero-order valence-corrected chi connectivity index (χ0v) is 20.6. The number of ketones is 1. The van der Waals surface area contributed by atoms with Gasteiger partial charge in [-0.3, -0.25) is 14.5 Å². The summed E-state index contributed by atoms with van der Waals surface area (Å²) in [6, 6.07) is 19.0. The molecule has 3 aromatic rings. The van der Waals surface area contributed by atoms with E-state index >= 15 is 0 Å². The van der Waals surface area contributed by atoms with Crippen molar-refractivity contribution in [3.05, 3.63) is 94.0 Å². The number of amides is 1. The van der Waals surface area contributed by atoms with Crippen molar-refractivity contribution in [2.75, 3.05) is 12.0 Å². The Hall–Kier alpha value is -4.28. The normalized spacial score (nSPS) is 16.8. The lowest BCUT2D eigenvalue weighted by Crippen LogP contribution is -2.29. The topological polar surface area (TPSA) is 99.9 Å². The molecule has 1 aliphatic rings. The van der Waals surface area contributed by atoms with Crippen LogP contribution in [-0.2, 0) is 9.59 Å². The van der Waals surface area contributed by atoms with Crippen molar-refractivity contribution in [3.63, 3.8) is 0 Å². The molecule has 1 N–H and O–H groups in total. The van der Waals surface area contributed by atoms with Crippen molar-refractivity contribution < 1.29 is 24.2 Å². The van der Waals surface area contributed by atoms with Crippen molar-refractivity contribution in [2.45, 2.75) is 26.0 Å². The van der Waals surface area contributed by atoms with E-state index < -0.39 is 17.7 Å². The molecule has 3 aromatic carbocycles. The molecule has 1 fully saturated rings. The maximum absolute atomic E-state index is 13.3. The number of hydrogen-bond acceptors (Lipinski definition) is 6. The molecule has 36 heavy (non-hydrogen) atoms. The number of carbonyl (C=O) groups excluding carboxylic acids is 2. The number of anilines is 1. The largest absolute Gasteiger partial charge is 0.507 e. The molecule has 0 aromatic heterocycles. The number of methoxy groups -OCH3 is 1. The van der Waals surface area contributed by atoms with Gasteiger partial charge in [-0.15, -0.1) is 0 Å². The van der Waals surface area contributed by atoms with Crippen LogP contribution in [0.15, 0.2) is 72.3 Å². The molecule has 0 bridgehead atoms. The molecule has 1 atom stereocenters. The minimum absolute atomic E-state index is 0.0278. The number of carbonyl (C=O) groups is 2. The summed E-state index contributed by atoms with van der Waals surface area (Å²) in [5.41, 5.74) is 1.60. The Kier molecular flexibility index (Phi) is 7.00. The third-order valence-corrected chi connectivity index (χ3v) is 6.01. The van der Waals surface area contributed by atoms with E-state index in [4.69, 9.17) is 26.3 Å². The molecule has 1 saturated heterocycles. The lowest BCUT2D eigenvalue weighted by Gasteiger charge is -2.25. The number of Topliss-reactive ketones (excluding diaryl/α,β-unsaturated/α-hetero) is 1. The van der Waals surface area contributed by atoms with Gasteiger partial charge in [-0.05, 0) is 74.0 Å². The summed E-state index contributed by atoms with van der Waals surface area (Å²) >= 11 is 6.25. The second-order valence-electron chi connectivity index (χ2n) is 8.41. The summed E-state index contributed by atoms with van der Waals surface area (Å²) in [6.07, 6.45) is -0.0278. The van der Waals surface area contributed by atoms with Gasteiger partial charge in [0, 0.05) is 11.3 Å². The van der Waals surface area contributed by atoms with Crippen LogP contribution in [0, 0.1) is 11.3 Å². The van der Waals surface area contributed by atoms with E-state index in [-0.39, 0.29) is 28.0 Å². The lowest BCUT2D eigenvalue weighted by atomic mass is 9.95. The van der Waals surface area contributed by atoms with Crippen LogP contribution >= 0.6 is 11.6 Å². The van der Waals surface area contributed by atoms with Gasteiger partial charge >= 0.3 is 0 Å². The molecule has 1 heterocycles. The number of aliphatic hydroxyl groups excluding tert-OH is 1. The summed E-state index contributed by atoms with van der Waals surface area (Å²) in [5.74, 6) is -0.958. The van der Waals surface area contributed by atoms with Crippen molar-refractivity contribution in [1.82, 2.24) is 0 Å². The molecule has 0 aliphatic carbocycles. The minimum atomic E-state index is -0.924. The number of rotatable bonds is 6. The summed E-state index contributed by atoms with van der Waals surface area (Å²) in [7, 11) is 1.47. The van der Waals surface area contributed by atoms with Gasteiger partial charge in [0.25, 0.3) is 11.7 Å². The molecule has 0 saturated carbocycles. The molecule has 8 heteroatoms. The van der Waals surface area contributed by atoms with Crippen LogP contribution in [0.2, 0.25) is 5.02 Å². The maximum atomic E-state index is 13.3. The minimum Gasteiger partial charge on any atom is -0.507 e. The second-order valence-corrected chi connectivity index (χ2v) is 8.82. The lowest BCUT2D eigenvalue weighted by molar-refractivity contribution is -0.132. The fourth-order valence-electron chi connectivity index (χ4n) is 4.08. The SMILES string of the molecule is COc1ccc(/C(O)=C2/C(=O)C(=O)N(c3ccc(C#N)cc3)C2c2ccc(OC(C)C)cc2)cc1Cl. The highest BCUT2D eigenvalue weighted by Crippen LogP contribution is 2.43. The fraction of sp³-hybridized carbons (Fsp3) is 0.179. The Morgan fingerprint density at radius 2 is 1.72 bits per heavy atom. The molecular weight excluding hydrogens is 480 g/mol. The van der Waals surface area contributed by atoms with Crippen LogP contribution in [0.3, 0.4) is 0 Å². The Labute approximate surface area is 213 Å². The molecule has 1 unspecified atom stereocenters. The number of nitrogens with zero attached hydrogens (tertiary/aromatic N) is 2. The van der Waals surface area contributed by atoms with Gasteiger partial charge in [0.15, 0.2) is 0 Å². The van der Waals surface area contributed by atoms with Crippen molar-refractivity contribution in [3.8, 4) is 17.6 Å². The van der Waals surface area contributed by atoms with E-state index in [1.54, 1.807) is 60.7 Å². The maximum Gasteiger partial charge on any atom is 0.300 e. The number of halogens is 1. The Balaban J connectivity index is 1.89. The predicted octanol–water partition coefficient (Wildman–Crippen LogP) is 5.63. The van der Waals surface area contributed by atoms with Crippen LogP contribution in [0.1, 0.15) is 36.6 Å². The van der Waals surface area contributed by atoms with Gasteiger partial charge < -0.3 is 14.6 Å². The fourth-order valence-corrected chi connectivity index (χ4v) is 4.34. The van der Waals surface area contributed by atoms with Crippen molar-refractivity contribution in [1.29, 1.82) is 5.26 Å². The van der Waals surface area contributed by atoms with Crippen molar-refractivity contribution in [2.24, 2.45) is 0 Å². The molecule has 7 nitrogen and oxygen atoms in total. The van der Waals surface area contributed by atoms with Gasteiger partial charge in [0.05, 0.1) is 41.5 Å². The van der Waals surface area contributed by atoms with E-state index in [0.717, 1.165) is 0 Å². The van der Waals surface area contributed by atoms with E-state index in [0.29, 0.717) is 28.3 Å². The quantitative estimate of drug-likeness (QED) is 0.266. The number of nitriles is 1. The Morgan fingerprint density at radius 3 is 2.28 bits per heavy atom. The summed E-state index contributed by atoms with van der Waals surface area (Å²) in [6.45, 7) is 3.82. The zero-order valence-electron chi connectivity index (χ0n) is 19.9. The highest BCUT2D eigenvalue weighted by molar-refractivity contribution is 6.51. The first-order valence-electron chi connectivity index (χ1n) is 11.2. The molecule has 4 rings (SSSR count). The van der Waals surface area contributed by atoms with E-state index in [9.17, 15) is 14.7 Å². The van der Waals surface area contributed by atoms with Gasteiger partial charge in [-0.2, -0.15) is 5.26 Å². The van der Waals surface area contributed by atoms with Crippen LogP contribution in [0.4, 0.5) is 5.69 Å². The number of hydrogen-bond donors (Lipinski definition) is 1. The van der Waals surface area contributed by atoms with Gasteiger partial charge in [-0.25, -0.2) is 0 Å². The molecule has 182 valence electrons.